The first-order valence-corrected chi connectivity index (χ1v) is 5.04. The molecular formula is C8H12BrF2N3. The van der Waals surface area contributed by atoms with E-state index in [0.29, 0.717) is 23.3 Å². The minimum Gasteiger partial charge on any atom is -0.381 e. The zero-order chi connectivity index (χ0) is 10.8. The highest BCUT2D eigenvalue weighted by molar-refractivity contribution is 9.10. The van der Waals surface area contributed by atoms with E-state index in [0.717, 1.165) is 6.92 Å². The molecule has 0 aliphatic carbocycles. The maximum absolute atomic E-state index is 12.4. The smallest absolute Gasteiger partial charge is 0.245 e. The van der Waals surface area contributed by atoms with E-state index >= 15 is 0 Å². The van der Waals surface area contributed by atoms with Gasteiger partial charge in [0.15, 0.2) is 5.82 Å². The van der Waals surface area contributed by atoms with E-state index in [1.807, 2.05) is 0 Å². The van der Waals surface area contributed by atoms with Gasteiger partial charge >= 0.3 is 0 Å². The Hall–Kier alpha value is -0.650. The van der Waals surface area contributed by atoms with Crippen molar-refractivity contribution in [3.05, 3.63) is 10.7 Å². The van der Waals surface area contributed by atoms with E-state index < -0.39 is 5.92 Å². The Labute approximate surface area is 89.4 Å². The van der Waals surface area contributed by atoms with E-state index in [1.165, 1.54) is 0 Å². The Morgan fingerprint density at radius 3 is 2.71 bits per heavy atom. The Morgan fingerprint density at radius 2 is 2.29 bits per heavy atom. The van der Waals surface area contributed by atoms with E-state index in [-0.39, 0.29) is 6.42 Å². The number of nitrogens with two attached hydrogens (primary N) is 1. The molecule has 0 unspecified atom stereocenters. The lowest BCUT2D eigenvalue weighted by Gasteiger charge is -2.08. The van der Waals surface area contributed by atoms with E-state index in [1.54, 1.807) is 10.9 Å². The maximum atomic E-state index is 12.4. The summed E-state index contributed by atoms with van der Waals surface area (Å²) >= 11 is 3.19. The molecule has 0 saturated heterocycles. The number of rotatable bonds is 4. The van der Waals surface area contributed by atoms with Gasteiger partial charge in [-0.15, -0.1) is 0 Å². The molecule has 1 rings (SSSR count). The van der Waals surface area contributed by atoms with Crippen molar-refractivity contribution in [1.82, 2.24) is 9.78 Å². The Balaban J connectivity index is 2.39. The molecule has 2 N–H and O–H groups in total. The van der Waals surface area contributed by atoms with Crippen LogP contribution in [-0.2, 0) is 6.54 Å². The molecule has 0 saturated carbocycles. The first kappa shape index (κ1) is 11.4. The number of nitrogen functional groups attached to an aromatic ring is 1. The Morgan fingerprint density at radius 1 is 1.64 bits per heavy atom. The van der Waals surface area contributed by atoms with Gasteiger partial charge < -0.3 is 5.73 Å². The van der Waals surface area contributed by atoms with Gasteiger partial charge in [-0.2, -0.15) is 5.10 Å². The minimum atomic E-state index is -2.60. The summed E-state index contributed by atoms with van der Waals surface area (Å²) < 4.78 is 27.1. The molecule has 1 aromatic heterocycles. The van der Waals surface area contributed by atoms with Gasteiger partial charge in [0.1, 0.15) is 0 Å². The largest absolute Gasteiger partial charge is 0.381 e. The van der Waals surface area contributed by atoms with E-state index in [2.05, 4.69) is 21.0 Å². The lowest BCUT2D eigenvalue weighted by molar-refractivity contribution is 0.00972. The van der Waals surface area contributed by atoms with Crippen molar-refractivity contribution in [3.8, 4) is 0 Å². The van der Waals surface area contributed by atoms with Crippen LogP contribution in [0.15, 0.2) is 10.7 Å². The molecule has 14 heavy (non-hydrogen) atoms. The molecule has 1 aromatic rings. The molecule has 0 fully saturated rings. The second-order valence-corrected chi connectivity index (χ2v) is 4.15. The summed E-state index contributed by atoms with van der Waals surface area (Å²) in [5.74, 6) is -2.22. The normalized spacial score (nSPS) is 12.0. The summed E-state index contributed by atoms with van der Waals surface area (Å²) in [4.78, 5) is 0. The van der Waals surface area contributed by atoms with Gasteiger partial charge in [0.2, 0.25) is 5.92 Å². The van der Waals surface area contributed by atoms with Crippen LogP contribution in [-0.4, -0.2) is 15.7 Å². The topological polar surface area (TPSA) is 43.8 Å². The molecular weight excluding hydrogens is 256 g/mol. The minimum absolute atomic E-state index is 0.135. The number of alkyl halides is 2. The SMILES string of the molecule is CC(F)(F)CCCn1cc(Br)c(N)n1. The summed E-state index contributed by atoms with van der Waals surface area (Å²) in [6.45, 7) is 1.37. The lowest BCUT2D eigenvalue weighted by atomic mass is 10.2. The molecule has 0 aliphatic rings. The fourth-order valence-electron chi connectivity index (χ4n) is 1.08. The van der Waals surface area contributed by atoms with E-state index in [9.17, 15) is 8.78 Å². The summed E-state index contributed by atoms with van der Waals surface area (Å²) in [5.41, 5.74) is 5.47. The highest BCUT2D eigenvalue weighted by atomic mass is 79.9. The average molecular weight is 268 g/mol. The number of halogens is 3. The fourth-order valence-corrected chi connectivity index (χ4v) is 1.39. The predicted octanol–water partition coefficient (Wildman–Crippen LogP) is 2.66. The van der Waals surface area contributed by atoms with Crippen molar-refractivity contribution >= 4 is 21.7 Å². The summed E-state index contributed by atoms with van der Waals surface area (Å²) in [6.07, 6.45) is 1.94. The lowest BCUT2D eigenvalue weighted by Crippen LogP contribution is -2.11. The van der Waals surface area contributed by atoms with Crippen molar-refractivity contribution in [2.75, 3.05) is 5.73 Å². The van der Waals surface area contributed by atoms with E-state index in [4.69, 9.17) is 5.73 Å². The molecule has 0 amide bonds. The first-order chi connectivity index (χ1) is 6.38. The highest BCUT2D eigenvalue weighted by Gasteiger charge is 2.19. The highest BCUT2D eigenvalue weighted by Crippen LogP contribution is 2.20. The van der Waals surface area contributed by atoms with Crippen molar-refractivity contribution < 1.29 is 8.78 Å². The summed E-state index contributed by atoms with van der Waals surface area (Å²) in [5, 5.41) is 3.93. The van der Waals surface area contributed by atoms with Gasteiger partial charge in [-0.1, -0.05) is 0 Å². The number of hydrogen-bond donors (Lipinski definition) is 1. The third-order valence-electron chi connectivity index (χ3n) is 1.75. The van der Waals surface area contributed by atoms with Gasteiger partial charge in [0.05, 0.1) is 4.47 Å². The third-order valence-corrected chi connectivity index (χ3v) is 2.36. The van der Waals surface area contributed by atoms with Crippen LogP contribution in [0.1, 0.15) is 19.8 Å². The van der Waals surface area contributed by atoms with Gasteiger partial charge in [-0.05, 0) is 29.3 Å². The number of hydrogen-bond acceptors (Lipinski definition) is 2. The zero-order valence-corrected chi connectivity index (χ0v) is 9.39. The van der Waals surface area contributed by atoms with Crippen LogP contribution in [0.25, 0.3) is 0 Å². The number of aryl methyl sites for hydroxylation is 1. The molecule has 0 radical (unpaired) electrons. The standard InChI is InChI=1S/C8H12BrF2N3/c1-8(10,11)3-2-4-14-5-6(9)7(12)13-14/h5H,2-4H2,1H3,(H2,12,13). The maximum Gasteiger partial charge on any atom is 0.245 e. The number of aromatic nitrogens is 2. The fraction of sp³-hybridized carbons (Fsp3) is 0.625. The van der Waals surface area contributed by atoms with Crippen LogP contribution in [0.3, 0.4) is 0 Å². The van der Waals surface area contributed by atoms with Gasteiger partial charge in [-0.3, -0.25) is 4.68 Å². The van der Waals surface area contributed by atoms with Crippen LogP contribution in [0.5, 0.6) is 0 Å². The Kier molecular flexibility index (Phi) is 3.47. The molecule has 6 heteroatoms. The molecule has 80 valence electrons. The molecule has 3 nitrogen and oxygen atoms in total. The predicted molar refractivity (Wildman–Crippen MR) is 54.2 cm³/mol. The van der Waals surface area contributed by atoms with Gasteiger partial charge in [0.25, 0.3) is 0 Å². The van der Waals surface area contributed by atoms with Crippen LogP contribution in [0.2, 0.25) is 0 Å². The number of nitrogens with zero attached hydrogens (tertiary/aromatic N) is 2. The first-order valence-electron chi connectivity index (χ1n) is 4.25. The van der Waals surface area contributed by atoms with Gasteiger partial charge in [0, 0.05) is 19.2 Å². The molecule has 0 aromatic carbocycles. The molecule has 1 heterocycles. The van der Waals surface area contributed by atoms with Crippen molar-refractivity contribution in [2.45, 2.75) is 32.2 Å². The summed E-state index contributed by atoms with van der Waals surface area (Å²) in [6, 6.07) is 0. The summed E-state index contributed by atoms with van der Waals surface area (Å²) in [7, 11) is 0. The average Bonchev–Trinajstić information content (AvgIpc) is 2.28. The molecule has 0 bridgehead atoms. The van der Waals surface area contributed by atoms with Crippen LogP contribution < -0.4 is 5.73 Å². The second kappa shape index (κ2) is 4.25. The van der Waals surface area contributed by atoms with Crippen LogP contribution in [0, 0.1) is 0 Å². The van der Waals surface area contributed by atoms with Gasteiger partial charge in [-0.25, -0.2) is 8.78 Å². The molecule has 0 aliphatic heterocycles. The number of anilines is 1. The second-order valence-electron chi connectivity index (χ2n) is 3.30. The monoisotopic (exact) mass is 267 g/mol. The van der Waals surface area contributed by atoms with Crippen molar-refractivity contribution in [2.24, 2.45) is 0 Å². The van der Waals surface area contributed by atoms with Crippen LogP contribution >= 0.6 is 15.9 Å². The van der Waals surface area contributed by atoms with Crippen LogP contribution in [0.4, 0.5) is 14.6 Å². The molecule has 0 spiro atoms. The zero-order valence-electron chi connectivity index (χ0n) is 7.80. The third kappa shape index (κ3) is 3.61. The quantitative estimate of drug-likeness (QED) is 0.912. The van der Waals surface area contributed by atoms with Crippen molar-refractivity contribution in [1.29, 1.82) is 0 Å². The van der Waals surface area contributed by atoms with Crippen molar-refractivity contribution in [3.63, 3.8) is 0 Å². The Bertz CT molecular complexity index is 287. The molecule has 0 atom stereocenters.